The number of anilines is 3. The minimum atomic E-state index is 0.839. The van der Waals surface area contributed by atoms with Crippen LogP contribution in [-0.2, 0) is 0 Å². The average Bonchev–Trinajstić information content (AvgIpc) is 3.69. The van der Waals surface area contributed by atoms with Gasteiger partial charge in [-0.2, -0.15) is 0 Å². The topological polar surface area (TPSA) is 16.4 Å². The lowest BCUT2D eigenvalue weighted by molar-refractivity contribution is 0.631. The quantitative estimate of drug-likeness (QED) is 0.155. The lowest BCUT2D eigenvalue weighted by Gasteiger charge is -2.27. The van der Waals surface area contributed by atoms with Crippen molar-refractivity contribution >= 4 is 49.6 Å². The Labute approximate surface area is 314 Å². The second-order valence-electron chi connectivity index (χ2n) is 13.7. The van der Waals surface area contributed by atoms with Gasteiger partial charge in [0.2, 0.25) is 0 Å². The first-order valence-corrected chi connectivity index (χ1v) is 18.4. The van der Waals surface area contributed by atoms with Crippen LogP contribution in [0.3, 0.4) is 0 Å². The first-order chi connectivity index (χ1) is 26.8. The van der Waals surface area contributed by atoms with Crippen LogP contribution in [0.4, 0.5) is 17.1 Å². The van der Waals surface area contributed by atoms with Crippen LogP contribution in [0.1, 0.15) is 0 Å². The molecule has 1 aromatic heterocycles. The molecule has 0 fully saturated rings. The number of hydrogen-bond acceptors (Lipinski definition) is 2. The highest BCUT2D eigenvalue weighted by Crippen LogP contribution is 2.44. The molecule has 0 saturated heterocycles. The molecule has 0 unspecified atom stereocenters. The van der Waals surface area contributed by atoms with Crippen molar-refractivity contribution in [2.24, 2.45) is 0 Å². The third kappa shape index (κ3) is 5.71. The van der Waals surface area contributed by atoms with Gasteiger partial charge in [0.25, 0.3) is 0 Å². The zero-order chi connectivity index (χ0) is 35.8. The Morgan fingerprint density at radius 1 is 0.315 bits per heavy atom. The van der Waals surface area contributed by atoms with E-state index in [0.29, 0.717) is 0 Å². The van der Waals surface area contributed by atoms with Crippen LogP contribution in [-0.4, -0.2) is 0 Å². The van der Waals surface area contributed by atoms with Crippen molar-refractivity contribution in [3.63, 3.8) is 0 Å². The SMILES string of the molecule is c1ccc(-c2ccc(-c3ccc(N(c4ccc(-c5cc6ccccc6c6ccccc56)cc4)c4ccccc4-c4cc5ccccc5o4)cc3)cc2)cc1. The van der Waals surface area contributed by atoms with Crippen molar-refractivity contribution in [1.82, 2.24) is 0 Å². The molecule has 0 radical (unpaired) electrons. The van der Waals surface area contributed by atoms with Gasteiger partial charge in [0, 0.05) is 22.3 Å². The van der Waals surface area contributed by atoms with Gasteiger partial charge in [-0.05, 0) is 110 Å². The summed E-state index contributed by atoms with van der Waals surface area (Å²) in [5, 5.41) is 6.13. The monoisotopic (exact) mass is 689 g/mol. The van der Waals surface area contributed by atoms with Crippen molar-refractivity contribution in [1.29, 1.82) is 0 Å². The zero-order valence-corrected chi connectivity index (χ0v) is 29.6. The highest BCUT2D eigenvalue weighted by atomic mass is 16.3. The summed E-state index contributed by atoms with van der Waals surface area (Å²) >= 11 is 0. The van der Waals surface area contributed by atoms with Crippen LogP contribution in [0.25, 0.3) is 77.2 Å². The fraction of sp³-hybridized carbons (Fsp3) is 0. The molecular formula is C52H35NO. The lowest BCUT2D eigenvalue weighted by atomic mass is 9.93. The predicted molar refractivity (Wildman–Crippen MR) is 228 cm³/mol. The highest BCUT2D eigenvalue weighted by Gasteiger charge is 2.20. The number of rotatable bonds is 7. The molecule has 0 saturated carbocycles. The summed E-state index contributed by atoms with van der Waals surface area (Å²) in [7, 11) is 0. The molecule has 54 heavy (non-hydrogen) atoms. The third-order valence-corrected chi connectivity index (χ3v) is 10.5. The van der Waals surface area contributed by atoms with Gasteiger partial charge >= 0.3 is 0 Å². The van der Waals surface area contributed by atoms with Crippen LogP contribution in [0.2, 0.25) is 0 Å². The summed E-state index contributed by atoms with van der Waals surface area (Å²) in [5.41, 5.74) is 12.3. The largest absolute Gasteiger partial charge is 0.456 e. The second kappa shape index (κ2) is 13.4. The number of furan rings is 1. The molecule has 0 spiro atoms. The number of fused-ring (bicyclic) bond motifs is 4. The molecule has 10 rings (SSSR count). The molecule has 0 aliphatic carbocycles. The minimum Gasteiger partial charge on any atom is -0.456 e. The number of nitrogens with zero attached hydrogens (tertiary/aromatic N) is 1. The second-order valence-corrected chi connectivity index (χ2v) is 13.7. The highest BCUT2D eigenvalue weighted by molar-refractivity contribution is 6.13. The van der Waals surface area contributed by atoms with E-state index in [9.17, 15) is 0 Å². The van der Waals surface area contributed by atoms with Crippen LogP contribution in [0, 0.1) is 0 Å². The third-order valence-electron chi connectivity index (χ3n) is 10.5. The maximum absolute atomic E-state index is 6.46. The molecule has 254 valence electrons. The van der Waals surface area contributed by atoms with Gasteiger partial charge in [-0.15, -0.1) is 0 Å². The fourth-order valence-electron chi connectivity index (χ4n) is 7.79. The summed E-state index contributed by atoms with van der Waals surface area (Å²) in [6, 6.07) is 75.8. The van der Waals surface area contributed by atoms with Gasteiger partial charge in [-0.3, -0.25) is 0 Å². The summed E-state index contributed by atoms with van der Waals surface area (Å²) in [4.78, 5) is 2.34. The van der Waals surface area contributed by atoms with E-state index in [4.69, 9.17) is 4.42 Å². The van der Waals surface area contributed by atoms with Gasteiger partial charge < -0.3 is 9.32 Å². The number of benzene rings is 9. The molecule has 2 nitrogen and oxygen atoms in total. The Balaban J connectivity index is 1.07. The molecule has 10 aromatic rings. The predicted octanol–water partition coefficient (Wildman–Crippen LogP) is 14.9. The van der Waals surface area contributed by atoms with Crippen LogP contribution in [0.5, 0.6) is 0 Å². The Kier molecular flexibility index (Phi) is 7.85. The van der Waals surface area contributed by atoms with Gasteiger partial charge in [-0.25, -0.2) is 0 Å². The summed E-state index contributed by atoms with van der Waals surface area (Å²) in [5.74, 6) is 0.839. The van der Waals surface area contributed by atoms with Crippen molar-refractivity contribution in [2.45, 2.75) is 0 Å². The van der Waals surface area contributed by atoms with Crippen LogP contribution >= 0.6 is 0 Å². The molecule has 0 aliphatic heterocycles. The molecule has 0 bridgehead atoms. The fourth-order valence-corrected chi connectivity index (χ4v) is 7.79. The molecule has 0 aliphatic rings. The first kappa shape index (κ1) is 31.6. The van der Waals surface area contributed by atoms with E-state index in [1.165, 1.54) is 54.9 Å². The van der Waals surface area contributed by atoms with Crippen molar-refractivity contribution in [3.05, 3.63) is 212 Å². The molecule has 0 atom stereocenters. The van der Waals surface area contributed by atoms with Crippen molar-refractivity contribution in [2.75, 3.05) is 4.90 Å². The maximum Gasteiger partial charge on any atom is 0.137 e. The molecule has 1 heterocycles. The number of para-hydroxylation sites is 2. The molecule has 0 N–H and O–H groups in total. The van der Waals surface area contributed by atoms with E-state index in [1.54, 1.807) is 0 Å². The van der Waals surface area contributed by atoms with E-state index in [1.807, 2.05) is 12.1 Å². The van der Waals surface area contributed by atoms with E-state index in [2.05, 4.69) is 205 Å². The summed E-state index contributed by atoms with van der Waals surface area (Å²) < 4.78 is 6.46. The van der Waals surface area contributed by atoms with Gasteiger partial charge in [0.15, 0.2) is 0 Å². The standard InChI is InChI=1S/C52H35NO/c1-2-12-36(13-3-1)37-22-24-38(25-23-37)39-26-30-43(31-27-39)53(50-20-10-9-19-48(50)52-35-42-15-5-11-21-51(42)54-52)44-32-28-40(29-33-44)49-34-41-14-4-6-16-45(41)46-17-7-8-18-47(46)49/h1-35H. The minimum absolute atomic E-state index is 0.839. The molecule has 9 aromatic carbocycles. The van der Waals surface area contributed by atoms with E-state index >= 15 is 0 Å². The van der Waals surface area contributed by atoms with Gasteiger partial charge in [-0.1, -0.05) is 158 Å². The lowest BCUT2D eigenvalue weighted by Crippen LogP contribution is -2.11. The number of hydrogen-bond donors (Lipinski definition) is 0. The smallest absolute Gasteiger partial charge is 0.137 e. The normalized spacial score (nSPS) is 11.3. The van der Waals surface area contributed by atoms with Crippen LogP contribution < -0.4 is 4.90 Å². The van der Waals surface area contributed by atoms with Gasteiger partial charge in [0.05, 0.1) is 5.69 Å². The van der Waals surface area contributed by atoms with E-state index < -0.39 is 0 Å². The van der Waals surface area contributed by atoms with Crippen LogP contribution in [0.15, 0.2) is 217 Å². The van der Waals surface area contributed by atoms with E-state index in [-0.39, 0.29) is 0 Å². The van der Waals surface area contributed by atoms with E-state index in [0.717, 1.165) is 39.4 Å². The summed E-state index contributed by atoms with van der Waals surface area (Å²) in [6.45, 7) is 0. The Morgan fingerprint density at radius 2 is 0.815 bits per heavy atom. The van der Waals surface area contributed by atoms with Gasteiger partial charge in [0.1, 0.15) is 11.3 Å². The van der Waals surface area contributed by atoms with Crippen molar-refractivity contribution in [3.8, 4) is 44.7 Å². The Bertz CT molecular complexity index is 2870. The zero-order valence-electron chi connectivity index (χ0n) is 29.6. The Morgan fingerprint density at radius 3 is 1.50 bits per heavy atom. The van der Waals surface area contributed by atoms with Crippen molar-refractivity contribution < 1.29 is 4.42 Å². The maximum atomic E-state index is 6.46. The molecular weight excluding hydrogens is 655 g/mol. The summed E-state index contributed by atoms with van der Waals surface area (Å²) in [6.07, 6.45) is 0. The Hall–Kier alpha value is -7.16. The molecule has 2 heteroatoms. The first-order valence-electron chi connectivity index (χ1n) is 18.4. The molecule has 0 amide bonds. The average molecular weight is 690 g/mol.